The summed E-state index contributed by atoms with van der Waals surface area (Å²) in [6, 6.07) is 11.0. The number of rotatable bonds is 6. The number of hydrogen-bond donors (Lipinski definition) is 0. The lowest BCUT2D eigenvalue weighted by Crippen LogP contribution is -2.72. The van der Waals surface area contributed by atoms with Crippen molar-refractivity contribution in [1.29, 1.82) is 0 Å². The van der Waals surface area contributed by atoms with E-state index in [0.717, 1.165) is 17.3 Å². The summed E-state index contributed by atoms with van der Waals surface area (Å²) in [7, 11) is -1.28. The highest BCUT2D eigenvalue weighted by atomic mass is 28.4. The molecule has 0 saturated carbocycles. The predicted molar refractivity (Wildman–Crippen MR) is 103 cm³/mol. The third kappa shape index (κ3) is 3.91. The van der Waals surface area contributed by atoms with Crippen LogP contribution in [0.2, 0.25) is 31.2 Å². The Hall–Kier alpha value is -0.426. The molecule has 0 aliphatic carbocycles. The maximum atomic E-state index is 6.99. The molecule has 0 radical (unpaired) electrons. The standard InChI is InChI=1S/C18H36NOSi2/c1-10-16-19(5,20-22(8,9)18(2,3)4)21(6,7)17-14-12-11-13-15-17/h11-15H,10,16H2,1-9H3/q+1. The van der Waals surface area contributed by atoms with Crippen LogP contribution in [0.4, 0.5) is 0 Å². The second kappa shape index (κ2) is 6.59. The van der Waals surface area contributed by atoms with Crippen molar-refractivity contribution < 1.29 is 8.84 Å². The van der Waals surface area contributed by atoms with Gasteiger partial charge in [0, 0.05) is 5.19 Å². The molecule has 0 aliphatic rings. The zero-order valence-corrected chi connectivity index (χ0v) is 18.2. The number of hydroxylamine groups is 2. The second-order valence-electron chi connectivity index (χ2n) is 8.60. The molecule has 0 spiro atoms. The summed E-state index contributed by atoms with van der Waals surface area (Å²) in [5.74, 6) is 0. The van der Waals surface area contributed by atoms with Gasteiger partial charge in [-0.3, -0.25) is 4.53 Å². The first-order chi connectivity index (χ1) is 9.87. The number of quaternary nitrogens is 1. The largest absolute Gasteiger partial charge is 0.342 e. The summed E-state index contributed by atoms with van der Waals surface area (Å²) in [6.07, 6.45) is 1.15. The van der Waals surface area contributed by atoms with Crippen LogP contribution >= 0.6 is 0 Å². The zero-order chi connectivity index (χ0) is 17.2. The van der Waals surface area contributed by atoms with E-state index in [2.05, 4.69) is 91.3 Å². The molecular formula is C18H36NOSi2+. The average Bonchev–Trinajstić information content (AvgIpc) is 2.37. The van der Waals surface area contributed by atoms with Crippen LogP contribution in [0.3, 0.4) is 0 Å². The van der Waals surface area contributed by atoms with Crippen molar-refractivity contribution in [1.82, 2.24) is 0 Å². The van der Waals surface area contributed by atoms with Crippen molar-refractivity contribution in [3.8, 4) is 0 Å². The molecule has 0 heterocycles. The Morgan fingerprint density at radius 3 is 1.91 bits per heavy atom. The van der Waals surface area contributed by atoms with Crippen LogP contribution in [0, 0.1) is 0 Å². The van der Waals surface area contributed by atoms with Crippen LogP contribution < -0.4 is 5.19 Å². The molecule has 1 rings (SSSR count). The van der Waals surface area contributed by atoms with Crippen molar-refractivity contribution in [3.05, 3.63) is 30.3 Å². The van der Waals surface area contributed by atoms with Crippen LogP contribution in [0.1, 0.15) is 34.1 Å². The number of hydrogen-bond acceptors (Lipinski definition) is 1. The SMILES string of the molecule is CCC[N+](C)(O[Si](C)(C)C(C)(C)C)[Si](C)(C)c1ccccc1. The molecule has 1 atom stereocenters. The first-order valence-electron chi connectivity index (χ1n) is 8.49. The van der Waals surface area contributed by atoms with Crippen LogP contribution in [-0.2, 0) is 4.53 Å². The maximum Gasteiger partial charge on any atom is 0.342 e. The normalized spacial score (nSPS) is 16.4. The lowest BCUT2D eigenvalue weighted by Gasteiger charge is -2.50. The number of benzene rings is 1. The van der Waals surface area contributed by atoms with Gasteiger partial charge < -0.3 is 0 Å². The summed E-state index contributed by atoms with van der Waals surface area (Å²) >= 11 is 0. The van der Waals surface area contributed by atoms with Crippen LogP contribution in [0.5, 0.6) is 0 Å². The Balaban J connectivity index is 3.26. The third-order valence-corrected chi connectivity index (χ3v) is 14.6. The van der Waals surface area contributed by atoms with Crippen LogP contribution in [0.25, 0.3) is 0 Å². The number of nitrogens with zero attached hydrogens (tertiary/aromatic N) is 1. The molecule has 0 aliphatic heterocycles. The maximum absolute atomic E-state index is 6.99. The van der Waals surface area contributed by atoms with Crippen molar-refractivity contribution in [2.75, 3.05) is 13.6 Å². The molecule has 1 unspecified atom stereocenters. The Labute approximate surface area is 140 Å². The molecule has 1 aromatic rings. The van der Waals surface area contributed by atoms with E-state index in [0.29, 0.717) is 0 Å². The van der Waals surface area contributed by atoms with Gasteiger partial charge in [-0.15, -0.1) is 0 Å². The van der Waals surface area contributed by atoms with E-state index < -0.39 is 16.6 Å². The van der Waals surface area contributed by atoms with E-state index in [4.69, 9.17) is 4.53 Å². The summed E-state index contributed by atoms with van der Waals surface area (Å²) in [6.45, 7) is 20.0. The van der Waals surface area contributed by atoms with Gasteiger partial charge in [-0.25, -0.2) is 4.31 Å². The molecule has 126 valence electrons. The van der Waals surface area contributed by atoms with E-state index in [1.54, 1.807) is 0 Å². The van der Waals surface area contributed by atoms with Gasteiger partial charge in [0.2, 0.25) is 0 Å². The Morgan fingerprint density at radius 1 is 1.00 bits per heavy atom. The average molecular weight is 339 g/mol. The smallest absolute Gasteiger partial charge is 0.275 e. The molecule has 0 saturated heterocycles. The van der Waals surface area contributed by atoms with E-state index in [1.165, 1.54) is 5.19 Å². The Morgan fingerprint density at radius 2 is 1.50 bits per heavy atom. The molecule has 22 heavy (non-hydrogen) atoms. The molecule has 0 bridgehead atoms. The fourth-order valence-electron chi connectivity index (χ4n) is 2.63. The summed E-state index contributed by atoms with van der Waals surface area (Å²) < 4.78 is 7.77. The van der Waals surface area contributed by atoms with Crippen LogP contribution in [0.15, 0.2) is 30.3 Å². The molecule has 2 nitrogen and oxygen atoms in total. The monoisotopic (exact) mass is 338 g/mol. The van der Waals surface area contributed by atoms with E-state index in [-0.39, 0.29) is 5.04 Å². The van der Waals surface area contributed by atoms with Gasteiger partial charge in [-0.05, 0) is 37.6 Å². The molecule has 0 fully saturated rings. The Kier molecular flexibility index (Phi) is 5.88. The van der Waals surface area contributed by atoms with Gasteiger partial charge in [0.15, 0.2) is 0 Å². The highest BCUT2D eigenvalue weighted by molar-refractivity contribution is 6.84. The quantitative estimate of drug-likeness (QED) is 0.530. The van der Waals surface area contributed by atoms with Crippen molar-refractivity contribution in [2.24, 2.45) is 0 Å². The predicted octanol–water partition coefficient (Wildman–Crippen LogP) is 4.89. The summed E-state index contributed by atoms with van der Waals surface area (Å²) in [4.78, 5) is 0. The van der Waals surface area contributed by atoms with E-state index in [1.807, 2.05) is 0 Å². The first-order valence-corrected chi connectivity index (χ1v) is 14.3. The first kappa shape index (κ1) is 19.6. The molecule has 0 amide bonds. The summed E-state index contributed by atoms with van der Waals surface area (Å²) in [5, 5.41) is 1.71. The molecule has 1 aromatic carbocycles. The molecule has 0 N–H and O–H groups in total. The van der Waals surface area contributed by atoms with Gasteiger partial charge in [0.05, 0.1) is 13.6 Å². The minimum absolute atomic E-state index is 0.238. The van der Waals surface area contributed by atoms with Gasteiger partial charge in [-0.1, -0.05) is 58.0 Å². The van der Waals surface area contributed by atoms with E-state index >= 15 is 0 Å². The molecule has 4 heteroatoms. The topological polar surface area (TPSA) is 9.23 Å². The summed E-state index contributed by atoms with van der Waals surface area (Å²) in [5.41, 5.74) is 0. The van der Waals surface area contributed by atoms with Gasteiger partial charge in [0.1, 0.15) is 0 Å². The third-order valence-electron chi connectivity index (χ3n) is 5.55. The fraction of sp³-hybridized carbons (Fsp3) is 0.667. The Bertz CT molecular complexity index is 480. The second-order valence-corrected chi connectivity index (χ2v) is 17.9. The van der Waals surface area contributed by atoms with Crippen molar-refractivity contribution >= 4 is 21.7 Å². The van der Waals surface area contributed by atoms with Gasteiger partial charge in [0.25, 0.3) is 8.32 Å². The minimum atomic E-state index is -1.81. The lowest BCUT2D eigenvalue weighted by atomic mass is 10.2. The highest BCUT2D eigenvalue weighted by Gasteiger charge is 2.53. The fourth-order valence-corrected chi connectivity index (χ4v) is 7.93. The van der Waals surface area contributed by atoms with Gasteiger partial charge in [-0.2, -0.15) is 0 Å². The molecule has 0 aromatic heterocycles. The zero-order valence-electron chi connectivity index (χ0n) is 16.2. The van der Waals surface area contributed by atoms with Crippen molar-refractivity contribution in [2.45, 2.75) is 65.3 Å². The van der Waals surface area contributed by atoms with Gasteiger partial charge >= 0.3 is 8.24 Å². The van der Waals surface area contributed by atoms with E-state index in [9.17, 15) is 0 Å². The minimum Gasteiger partial charge on any atom is -0.275 e. The lowest BCUT2D eigenvalue weighted by molar-refractivity contribution is -0.989. The highest BCUT2D eigenvalue weighted by Crippen LogP contribution is 2.39. The van der Waals surface area contributed by atoms with Crippen LogP contribution in [-0.4, -0.2) is 34.5 Å². The van der Waals surface area contributed by atoms with Crippen molar-refractivity contribution in [3.63, 3.8) is 0 Å². The molecular weight excluding hydrogens is 302 g/mol.